The van der Waals surface area contributed by atoms with Crippen LogP contribution < -0.4 is 5.43 Å². The number of carboxylic acids is 1. The second kappa shape index (κ2) is 4.52. The number of hydrogen-bond donors (Lipinski definition) is 2. The first-order chi connectivity index (χ1) is 8.18. The summed E-state index contributed by atoms with van der Waals surface area (Å²) in [6.07, 6.45) is 3.31. The summed E-state index contributed by atoms with van der Waals surface area (Å²) in [6.45, 7) is 0. The standard InChI is InChI=1S/C12H10N2O3/c15-11(13-14-7-3-4-8-14)9-5-1-2-6-10(9)12(16)17/h1-8H,(H,13,15)(H,16,17). The van der Waals surface area contributed by atoms with Crippen LogP contribution in [0.25, 0.3) is 0 Å². The van der Waals surface area contributed by atoms with Gasteiger partial charge in [0.05, 0.1) is 11.1 Å². The molecule has 2 rings (SSSR count). The summed E-state index contributed by atoms with van der Waals surface area (Å²) in [4.78, 5) is 22.8. The van der Waals surface area contributed by atoms with Crippen LogP contribution in [-0.4, -0.2) is 21.7 Å². The Balaban J connectivity index is 2.28. The fourth-order valence-electron chi connectivity index (χ4n) is 1.45. The van der Waals surface area contributed by atoms with Gasteiger partial charge in [-0.15, -0.1) is 0 Å². The molecule has 17 heavy (non-hydrogen) atoms. The third kappa shape index (κ3) is 2.34. The molecule has 0 saturated heterocycles. The maximum Gasteiger partial charge on any atom is 0.336 e. The number of carbonyl (C=O) groups excluding carboxylic acids is 1. The number of benzene rings is 1. The molecule has 2 N–H and O–H groups in total. The highest BCUT2D eigenvalue weighted by atomic mass is 16.4. The first kappa shape index (κ1) is 10.9. The SMILES string of the molecule is O=C(O)c1ccccc1C(=O)Nn1cccc1. The van der Waals surface area contributed by atoms with Crippen molar-refractivity contribution in [3.05, 3.63) is 59.9 Å². The number of hydrogen-bond acceptors (Lipinski definition) is 2. The Hall–Kier alpha value is -2.56. The fraction of sp³-hybridized carbons (Fsp3) is 0. The molecule has 5 heteroatoms. The number of nitrogens with zero attached hydrogens (tertiary/aromatic N) is 1. The molecule has 0 aliphatic rings. The minimum Gasteiger partial charge on any atom is -0.478 e. The highest BCUT2D eigenvalue weighted by Crippen LogP contribution is 2.09. The van der Waals surface area contributed by atoms with Crippen LogP contribution in [0.5, 0.6) is 0 Å². The van der Waals surface area contributed by atoms with Crippen molar-refractivity contribution in [3.8, 4) is 0 Å². The van der Waals surface area contributed by atoms with Gasteiger partial charge in [0, 0.05) is 12.4 Å². The van der Waals surface area contributed by atoms with E-state index in [0.717, 1.165) is 0 Å². The zero-order chi connectivity index (χ0) is 12.3. The van der Waals surface area contributed by atoms with Gasteiger partial charge in [-0.2, -0.15) is 0 Å². The van der Waals surface area contributed by atoms with Crippen LogP contribution in [-0.2, 0) is 0 Å². The van der Waals surface area contributed by atoms with E-state index < -0.39 is 11.9 Å². The lowest BCUT2D eigenvalue weighted by atomic mass is 10.1. The molecule has 0 fully saturated rings. The third-order valence-electron chi connectivity index (χ3n) is 2.24. The Bertz CT molecular complexity index is 547. The van der Waals surface area contributed by atoms with Gasteiger partial charge in [-0.25, -0.2) is 4.79 Å². The lowest BCUT2D eigenvalue weighted by Crippen LogP contribution is -2.23. The molecule has 1 aromatic heterocycles. The molecular formula is C12H10N2O3. The van der Waals surface area contributed by atoms with E-state index in [4.69, 9.17) is 5.11 Å². The minimum atomic E-state index is -1.12. The smallest absolute Gasteiger partial charge is 0.336 e. The topological polar surface area (TPSA) is 71.3 Å². The maximum atomic E-state index is 11.8. The number of aromatic carboxylic acids is 1. The van der Waals surface area contributed by atoms with Crippen LogP contribution in [0.3, 0.4) is 0 Å². The molecule has 0 saturated carbocycles. The van der Waals surface area contributed by atoms with Crippen molar-refractivity contribution in [1.82, 2.24) is 4.68 Å². The van der Waals surface area contributed by atoms with Crippen LogP contribution in [0.2, 0.25) is 0 Å². The Labute approximate surface area is 97.3 Å². The molecule has 0 atom stereocenters. The van der Waals surface area contributed by atoms with E-state index in [1.165, 1.54) is 16.8 Å². The van der Waals surface area contributed by atoms with E-state index in [2.05, 4.69) is 5.43 Å². The highest BCUT2D eigenvalue weighted by molar-refractivity contribution is 6.08. The Morgan fingerprint density at radius 2 is 1.59 bits per heavy atom. The molecule has 2 aromatic rings. The molecule has 1 amide bonds. The Morgan fingerprint density at radius 3 is 2.18 bits per heavy atom. The van der Waals surface area contributed by atoms with Crippen LogP contribution in [0, 0.1) is 0 Å². The highest BCUT2D eigenvalue weighted by Gasteiger charge is 2.15. The van der Waals surface area contributed by atoms with Gasteiger partial charge in [0.2, 0.25) is 0 Å². The number of rotatable bonds is 3. The number of nitrogens with one attached hydrogen (secondary N) is 1. The molecule has 0 unspecified atom stereocenters. The van der Waals surface area contributed by atoms with Crippen LogP contribution in [0.1, 0.15) is 20.7 Å². The van der Waals surface area contributed by atoms with Crippen LogP contribution >= 0.6 is 0 Å². The summed E-state index contributed by atoms with van der Waals surface area (Å²) in [5.74, 6) is -1.58. The van der Waals surface area contributed by atoms with E-state index >= 15 is 0 Å². The van der Waals surface area contributed by atoms with Crippen LogP contribution in [0.4, 0.5) is 0 Å². The maximum absolute atomic E-state index is 11.8. The molecule has 86 valence electrons. The van der Waals surface area contributed by atoms with Gasteiger partial charge in [-0.1, -0.05) is 12.1 Å². The van der Waals surface area contributed by atoms with Crippen molar-refractivity contribution >= 4 is 11.9 Å². The number of aromatic nitrogens is 1. The third-order valence-corrected chi connectivity index (χ3v) is 2.24. The van der Waals surface area contributed by atoms with E-state index in [1.807, 2.05) is 0 Å². The number of carboxylic acid groups (broad SMARTS) is 1. The van der Waals surface area contributed by atoms with Crippen molar-refractivity contribution in [2.45, 2.75) is 0 Å². The first-order valence-corrected chi connectivity index (χ1v) is 4.95. The molecule has 1 aromatic carbocycles. The Morgan fingerprint density at radius 1 is 1.00 bits per heavy atom. The van der Waals surface area contributed by atoms with Gasteiger partial charge in [-0.05, 0) is 24.3 Å². The average molecular weight is 230 g/mol. The molecule has 0 aliphatic carbocycles. The monoisotopic (exact) mass is 230 g/mol. The molecule has 1 heterocycles. The van der Waals surface area contributed by atoms with E-state index in [0.29, 0.717) is 0 Å². The van der Waals surface area contributed by atoms with Crippen molar-refractivity contribution in [2.75, 3.05) is 5.43 Å². The predicted molar refractivity (Wildman–Crippen MR) is 61.5 cm³/mol. The molecule has 0 radical (unpaired) electrons. The largest absolute Gasteiger partial charge is 0.478 e. The summed E-state index contributed by atoms with van der Waals surface area (Å²) in [5, 5.41) is 8.95. The summed E-state index contributed by atoms with van der Waals surface area (Å²) in [7, 11) is 0. The zero-order valence-corrected chi connectivity index (χ0v) is 8.83. The normalized spacial score (nSPS) is 9.88. The van der Waals surface area contributed by atoms with Gasteiger partial charge in [0.15, 0.2) is 0 Å². The predicted octanol–water partition coefficient (Wildman–Crippen LogP) is 1.57. The first-order valence-electron chi connectivity index (χ1n) is 4.95. The van der Waals surface area contributed by atoms with Gasteiger partial charge in [0.1, 0.15) is 0 Å². The summed E-state index contributed by atoms with van der Waals surface area (Å²) in [5.41, 5.74) is 2.66. The number of carbonyl (C=O) groups is 2. The van der Waals surface area contributed by atoms with Crippen molar-refractivity contribution in [2.24, 2.45) is 0 Å². The molecule has 0 spiro atoms. The van der Waals surface area contributed by atoms with E-state index in [9.17, 15) is 9.59 Å². The van der Waals surface area contributed by atoms with Crippen molar-refractivity contribution in [3.63, 3.8) is 0 Å². The molecule has 0 aliphatic heterocycles. The van der Waals surface area contributed by atoms with E-state index in [-0.39, 0.29) is 11.1 Å². The molecule has 0 bridgehead atoms. The van der Waals surface area contributed by atoms with Crippen molar-refractivity contribution in [1.29, 1.82) is 0 Å². The second-order valence-electron chi connectivity index (χ2n) is 3.38. The Kier molecular flexibility index (Phi) is 2.91. The van der Waals surface area contributed by atoms with Gasteiger partial charge < -0.3 is 5.11 Å². The number of amides is 1. The van der Waals surface area contributed by atoms with Gasteiger partial charge in [-0.3, -0.25) is 14.9 Å². The molecular weight excluding hydrogens is 220 g/mol. The molecule has 5 nitrogen and oxygen atoms in total. The van der Waals surface area contributed by atoms with Gasteiger partial charge in [0.25, 0.3) is 5.91 Å². The average Bonchev–Trinajstić information content (AvgIpc) is 2.81. The summed E-state index contributed by atoms with van der Waals surface area (Å²) >= 11 is 0. The van der Waals surface area contributed by atoms with Crippen LogP contribution in [0.15, 0.2) is 48.8 Å². The summed E-state index contributed by atoms with van der Waals surface area (Å²) < 4.78 is 1.46. The summed E-state index contributed by atoms with van der Waals surface area (Å²) in [6, 6.07) is 9.58. The van der Waals surface area contributed by atoms with Crippen molar-refractivity contribution < 1.29 is 14.7 Å². The lowest BCUT2D eigenvalue weighted by molar-refractivity contribution is 0.0692. The van der Waals surface area contributed by atoms with E-state index in [1.54, 1.807) is 36.7 Å². The lowest BCUT2D eigenvalue weighted by Gasteiger charge is -2.08. The zero-order valence-electron chi connectivity index (χ0n) is 8.83. The minimum absolute atomic E-state index is 0.0165. The quantitative estimate of drug-likeness (QED) is 0.840. The fourth-order valence-corrected chi connectivity index (χ4v) is 1.45. The second-order valence-corrected chi connectivity index (χ2v) is 3.38. The van der Waals surface area contributed by atoms with Gasteiger partial charge >= 0.3 is 5.97 Å².